The van der Waals surface area contributed by atoms with Crippen LogP contribution in [0.1, 0.15) is 29.8 Å². The number of rotatable bonds is 6. The summed E-state index contributed by atoms with van der Waals surface area (Å²) in [6, 6.07) is 15.3. The van der Waals surface area contributed by atoms with Gasteiger partial charge in [0.25, 0.3) is 5.91 Å². The predicted octanol–water partition coefficient (Wildman–Crippen LogP) is 4.14. The van der Waals surface area contributed by atoms with E-state index in [1.165, 1.54) is 29.2 Å². The number of nitriles is 1. The van der Waals surface area contributed by atoms with Gasteiger partial charge in [-0.15, -0.1) is 0 Å². The van der Waals surface area contributed by atoms with E-state index in [9.17, 15) is 19.1 Å². The molecule has 2 heterocycles. The Morgan fingerprint density at radius 2 is 1.95 bits per heavy atom. The minimum Gasteiger partial charge on any atom is -0.472 e. The first-order valence-corrected chi connectivity index (χ1v) is 12.6. The summed E-state index contributed by atoms with van der Waals surface area (Å²) in [6.07, 6.45) is 1.07. The first kappa shape index (κ1) is 27.5. The van der Waals surface area contributed by atoms with Crippen LogP contribution < -0.4 is 10.1 Å². The van der Waals surface area contributed by atoms with Crippen LogP contribution in [0.4, 0.5) is 14.9 Å². The number of anilines is 1. The fourth-order valence-electron chi connectivity index (χ4n) is 4.32. The Hall–Kier alpha value is -4.49. The van der Waals surface area contributed by atoms with Crippen LogP contribution in [-0.4, -0.2) is 70.7 Å². The zero-order valence-electron chi connectivity index (χ0n) is 22.0. The number of ether oxygens (including phenoxy) is 1. The van der Waals surface area contributed by atoms with Crippen LogP contribution in [0.15, 0.2) is 60.8 Å². The molecule has 3 amide bonds. The number of hydrogen-bond donors (Lipinski definition) is 2. The molecule has 2 aromatic carbocycles. The number of likely N-dealkylation sites (N-methyl/N-ethyl adjacent to an activating group) is 1. The molecule has 0 saturated heterocycles. The summed E-state index contributed by atoms with van der Waals surface area (Å²) in [4.78, 5) is 34.0. The molecule has 0 fully saturated rings. The Morgan fingerprint density at radius 1 is 1.26 bits per heavy atom. The van der Waals surface area contributed by atoms with Crippen LogP contribution in [0, 0.1) is 23.1 Å². The monoisotopic (exact) mass is 531 g/mol. The second-order valence-corrected chi connectivity index (χ2v) is 9.71. The highest BCUT2D eigenvalue weighted by Crippen LogP contribution is 2.30. The molecule has 3 aromatic rings. The van der Waals surface area contributed by atoms with Crippen LogP contribution in [-0.2, 0) is 0 Å². The second kappa shape index (κ2) is 11.9. The molecule has 1 aliphatic rings. The molecule has 202 valence electrons. The van der Waals surface area contributed by atoms with E-state index in [1.807, 2.05) is 6.92 Å². The highest BCUT2D eigenvalue weighted by Gasteiger charge is 2.34. The smallest absolute Gasteiger partial charge is 0.321 e. The van der Waals surface area contributed by atoms with Crippen LogP contribution in [0.25, 0.3) is 11.1 Å². The Labute approximate surface area is 226 Å². The number of carbonyl (C=O) groups is 2. The quantitative estimate of drug-likeness (QED) is 0.494. The number of urea groups is 1. The Balaban J connectivity index is 1.62. The summed E-state index contributed by atoms with van der Waals surface area (Å²) in [5.41, 5.74) is 2.67. The van der Waals surface area contributed by atoms with Crippen molar-refractivity contribution in [3.05, 3.63) is 77.7 Å². The van der Waals surface area contributed by atoms with Gasteiger partial charge in [0.2, 0.25) is 5.88 Å². The lowest BCUT2D eigenvalue weighted by atomic mass is 9.99. The molecular weight excluding hydrogens is 501 g/mol. The average molecular weight is 532 g/mol. The number of pyridine rings is 1. The van der Waals surface area contributed by atoms with E-state index in [4.69, 9.17) is 10.00 Å². The second-order valence-electron chi connectivity index (χ2n) is 9.71. The molecule has 0 radical (unpaired) electrons. The number of carbonyl (C=O) groups excluding carboxylic acids is 2. The largest absolute Gasteiger partial charge is 0.472 e. The number of aliphatic hydroxyl groups is 1. The number of fused-ring (bicyclic) bond motifs is 1. The van der Waals surface area contributed by atoms with Crippen molar-refractivity contribution >= 4 is 17.6 Å². The molecule has 10 heteroatoms. The molecule has 0 aliphatic carbocycles. The van der Waals surface area contributed by atoms with Gasteiger partial charge >= 0.3 is 6.03 Å². The van der Waals surface area contributed by atoms with Crippen molar-refractivity contribution in [3.63, 3.8) is 0 Å². The highest BCUT2D eigenvalue weighted by atomic mass is 19.1. The van der Waals surface area contributed by atoms with Crippen LogP contribution in [0.2, 0.25) is 0 Å². The van der Waals surface area contributed by atoms with Gasteiger partial charge in [0.15, 0.2) is 0 Å². The summed E-state index contributed by atoms with van der Waals surface area (Å²) in [7, 11) is 1.62. The van der Waals surface area contributed by atoms with E-state index < -0.39 is 24.0 Å². The lowest BCUT2D eigenvalue weighted by Gasteiger charge is -2.37. The van der Waals surface area contributed by atoms with Crippen molar-refractivity contribution < 1.29 is 23.8 Å². The molecule has 0 spiro atoms. The Kier molecular flexibility index (Phi) is 8.42. The maximum atomic E-state index is 13.6. The van der Waals surface area contributed by atoms with Crippen molar-refractivity contribution in [1.29, 1.82) is 5.26 Å². The highest BCUT2D eigenvalue weighted by molar-refractivity contribution is 5.98. The molecule has 0 unspecified atom stereocenters. The number of halogens is 1. The third-order valence-electron chi connectivity index (χ3n) is 6.76. The summed E-state index contributed by atoms with van der Waals surface area (Å²) < 4.78 is 19.5. The molecule has 4 rings (SSSR count). The van der Waals surface area contributed by atoms with E-state index in [0.717, 1.165) is 5.56 Å². The van der Waals surface area contributed by atoms with Gasteiger partial charge in [-0.05, 0) is 55.0 Å². The van der Waals surface area contributed by atoms with Gasteiger partial charge < -0.3 is 25.0 Å². The summed E-state index contributed by atoms with van der Waals surface area (Å²) in [5.74, 6) is -0.793. The third-order valence-corrected chi connectivity index (χ3v) is 6.76. The standard InChI is InChI=1S/C29H30FN5O4/c1-18-15-35(19(2)17-36)28(37)25-12-22(21-6-4-20(13-31)5-7-21)14-32-27(25)39-26(18)16-34(3)29(38)33-24-10-8-23(30)9-11-24/h4-12,14,18-19,26,36H,15-17H2,1-3H3,(H,33,38)/t18-,19-,26+/m0/s1. The molecule has 0 bridgehead atoms. The van der Waals surface area contributed by atoms with E-state index in [1.54, 1.807) is 55.4 Å². The molecule has 2 N–H and O–H groups in total. The van der Waals surface area contributed by atoms with Crippen molar-refractivity contribution in [2.24, 2.45) is 5.92 Å². The predicted molar refractivity (Wildman–Crippen MR) is 144 cm³/mol. The van der Waals surface area contributed by atoms with E-state index in [0.29, 0.717) is 23.4 Å². The molecule has 0 saturated carbocycles. The molecule has 1 aliphatic heterocycles. The van der Waals surface area contributed by atoms with E-state index in [-0.39, 0.29) is 36.4 Å². The van der Waals surface area contributed by atoms with Gasteiger partial charge in [-0.3, -0.25) is 4.79 Å². The minimum atomic E-state index is -0.525. The van der Waals surface area contributed by atoms with Gasteiger partial charge in [0.1, 0.15) is 17.5 Å². The molecule has 9 nitrogen and oxygen atoms in total. The zero-order chi connectivity index (χ0) is 28.1. The van der Waals surface area contributed by atoms with Gasteiger partial charge in [0.05, 0.1) is 30.8 Å². The minimum absolute atomic E-state index is 0.136. The number of amides is 3. The number of nitrogens with zero attached hydrogens (tertiary/aromatic N) is 4. The molecule has 3 atom stereocenters. The maximum Gasteiger partial charge on any atom is 0.321 e. The van der Waals surface area contributed by atoms with Crippen molar-refractivity contribution in [1.82, 2.24) is 14.8 Å². The van der Waals surface area contributed by atoms with Crippen LogP contribution >= 0.6 is 0 Å². The normalized spacial score (nSPS) is 17.6. The Morgan fingerprint density at radius 3 is 2.59 bits per heavy atom. The summed E-state index contributed by atoms with van der Waals surface area (Å²) in [6.45, 7) is 3.93. The van der Waals surface area contributed by atoms with Crippen molar-refractivity contribution in [2.45, 2.75) is 26.0 Å². The van der Waals surface area contributed by atoms with Gasteiger partial charge in [-0.25, -0.2) is 14.2 Å². The van der Waals surface area contributed by atoms with Crippen molar-refractivity contribution in [2.75, 3.05) is 32.1 Å². The van der Waals surface area contributed by atoms with Crippen molar-refractivity contribution in [3.8, 4) is 23.1 Å². The Bertz CT molecular complexity index is 1370. The summed E-state index contributed by atoms with van der Waals surface area (Å²) in [5, 5.41) is 21.7. The van der Waals surface area contributed by atoms with Gasteiger partial charge in [-0.1, -0.05) is 19.1 Å². The first-order valence-electron chi connectivity index (χ1n) is 12.6. The average Bonchev–Trinajstić information content (AvgIpc) is 2.95. The van der Waals surface area contributed by atoms with E-state index in [2.05, 4.69) is 16.4 Å². The van der Waals surface area contributed by atoms with Crippen LogP contribution in [0.3, 0.4) is 0 Å². The number of nitrogens with one attached hydrogen (secondary N) is 1. The lowest BCUT2D eigenvalue weighted by Crippen LogP contribution is -2.50. The van der Waals surface area contributed by atoms with E-state index >= 15 is 0 Å². The number of aromatic nitrogens is 1. The van der Waals surface area contributed by atoms with Crippen LogP contribution in [0.5, 0.6) is 5.88 Å². The molecule has 39 heavy (non-hydrogen) atoms. The molecule has 1 aromatic heterocycles. The molecular formula is C29H30FN5O4. The third kappa shape index (κ3) is 6.33. The fraction of sp³-hybridized carbons (Fsp3) is 0.310. The first-order chi connectivity index (χ1) is 18.7. The maximum absolute atomic E-state index is 13.6. The van der Waals surface area contributed by atoms with Gasteiger partial charge in [-0.2, -0.15) is 5.26 Å². The SMILES string of the molecule is C[C@H]1CN([C@@H](C)CO)C(=O)c2cc(-c3ccc(C#N)cc3)cnc2O[C@@H]1CN(C)C(=O)Nc1ccc(F)cc1. The number of benzene rings is 2. The summed E-state index contributed by atoms with van der Waals surface area (Å²) >= 11 is 0. The van der Waals surface area contributed by atoms with Gasteiger partial charge in [0, 0.05) is 37.0 Å². The number of aliphatic hydroxyl groups excluding tert-OH is 1. The topological polar surface area (TPSA) is 119 Å². The number of hydrogen-bond acceptors (Lipinski definition) is 6. The zero-order valence-corrected chi connectivity index (χ0v) is 22.0. The lowest BCUT2D eigenvalue weighted by molar-refractivity contribution is 0.0356. The fourth-order valence-corrected chi connectivity index (χ4v) is 4.32.